The van der Waals surface area contributed by atoms with Gasteiger partial charge in [0, 0.05) is 0 Å². The molecular weight excluding hydrogens is 121 g/mol. The summed E-state index contributed by atoms with van der Waals surface area (Å²) in [4.78, 5) is 0. The summed E-state index contributed by atoms with van der Waals surface area (Å²) in [6.45, 7) is 3.56. The number of rotatable bonds is 2. The standard InChI is InChI=1S/C6H12FNO/c1-2-8-6-4-9-3-5(6)7/h5-6,8H,2-4H2,1H3/t5-,6-/m1/s1. The largest absolute Gasteiger partial charge is 0.377 e. The van der Waals surface area contributed by atoms with Crippen LogP contribution in [0, 0.1) is 0 Å². The Hall–Kier alpha value is -0.150. The van der Waals surface area contributed by atoms with E-state index in [9.17, 15) is 4.39 Å². The minimum Gasteiger partial charge on any atom is -0.377 e. The first kappa shape index (κ1) is 6.96. The fourth-order valence-electron chi connectivity index (χ4n) is 0.977. The second-order valence-electron chi connectivity index (χ2n) is 2.22. The normalized spacial score (nSPS) is 35.3. The third kappa shape index (κ3) is 1.63. The van der Waals surface area contributed by atoms with Gasteiger partial charge in [-0.2, -0.15) is 0 Å². The Morgan fingerprint density at radius 1 is 1.67 bits per heavy atom. The van der Waals surface area contributed by atoms with Crippen LogP contribution in [0.2, 0.25) is 0 Å². The molecule has 0 bridgehead atoms. The van der Waals surface area contributed by atoms with E-state index < -0.39 is 6.17 Å². The van der Waals surface area contributed by atoms with Gasteiger partial charge in [-0.1, -0.05) is 6.92 Å². The monoisotopic (exact) mass is 133 g/mol. The first-order chi connectivity index (χ1) is 4.34. The van der Waals surface area contributed by atoms with E-state index in [0.29, 0.717) is 6.61 Å². The molecule has 1 rings (SSSR count). The second kappa shape index (κ2) is 3.13. The quantitative estimate of drug-likeness (QED) is 0.586. The van der Waals surface area contributed by atoms with Gasteiger partial charge in [0.25, 0.3) is 0 Å². The van der Waals surface area contributed by atoms with Crippen molar-refractivity contribution in [3.05, 3.63) is 0 Å². The Labute approximate surface area is 54.4 Å². The van der Waals surface area contributed by atoms with Crippen molar-refractivity contribution in [1.82, 2.24) is 5.32 Å². The molecular formula is C6H12FNO. The van der Waals surface area contributed by atoms with Crippen LogP contribution in [0.3, 0.4) is 0 Å². The molecule has 9 heavy (non-hydrogen) atoms. The molecule has 0 aromatic carbocycles. The molecule has 1 aliphatic rings. The minimum atomic E-state index is -0.801. The third-order valence-electron chi connectivity index (χ3n) is 1.48. The average Bonchev–Trinajstić information content (AvgIpc) is 2.18. The molecule has 1 fully saturated rings. The molecule has 0 unspecified atom stereocenters. The van der Waals surface area contributed by atoms with Gasteiger partial charge in [0.1, 0.15) is 6.17 Å². The predicted molar refractivity (Wildman–Crippen MR) is 33.2 cm³/mol. The Morgan fingerprint density at radius 3 is 2.89 bits per heavy atom. The molecule has 3 heteroatoms. The maximum atomic E-state index is 12.6. The lowest BCUT2D eigenvalue weighted by Gasteiger charge is -2.09. The highest BCUT2D eigenvalue weighted by atomic mass is 19.1. The van der Waals surface area contributed by atoms with Crippen LogP contribution >= 0.6 is 0 Å². The summed E-state index contributed by atoms with van der Waals surface area (Å²) in [7, 11) is 0. The molecule has 1 heterocycles. The van der Waals surface area contributed by atoms with Crippen LogP contribution in [0.1, 0.15) is 6.92 Å². The van der Waals surface area contributed by atoms with Crippen molar-refractivity contribution in [1.29, 1.82) is 0 Å². The van der Waals surface area contributed by atoms with Gasteiger partial charge in [0.05, 0.1) is 19.3 Å². The zero-order valence-electron chi connectivity index (χ0n) is 5.56. The van der Waals surface area contributed by atoms with Gasteiger partial charge in [0.2, 0.25) is 0 Å². The van der Waals surface area contributed by atoms with Gasteiger partial charge in [-0.15, -0.1) is 0 Å². The van der Waals surface area contributed by atoms with Crippen molar-refractivity contribution in [2.24, 2.45) is 0 Å². The molecule has 2 nitrogen and oxygen atoms in total. The Kier molecular flexibility index (Phi) is 2.42. The summed E-state index contributed by atoms with van der Waals surface area (Å²) in [6, 6.07) is -0.0602. The van der Waals surface area contributed by atoms with Crippen LogP contribution in [0.25, 0.3) is 0 Å². The first-order valence-corrected chi connectivity index (χ1v) is 3.29. The summed E-state index contributed by atoms with van der Waals surface area (Å²) < 4.78 is 17.5. The van der Waals surface area contributed by atoms with Crippen LogP contribution in [-0.4, -0.2) is 32.0 Å². The highest BCUT2D eigenvalue weighted by Crippen LogP contribution is 2.08. The van der Waals surface area contributed by atoms with Gasteiger partial charge in [-0.3, -0.25) is 0 Å². The lowest BCUT2D eigenvalue weighted by Crippen LogP contribution is -2.36. The van der Waals surface area contributed by atoms with Crippen LogP contribution < -0.4 is 5.32 Å². The molecule has 2 atom stereocenters. The van der Waals surface area contributed by atoms with Crippen molar-refractivity contribution in [3.8, 4) is 0 Å². The molecule has 0 aromatic heterocycles. The maximum Gasteiger partial charge on any atom is 0.141 e. The Morgan fingerprint density at radius 2 is 2.44 bits per heavy atom. The molecule has 1 N–H and O–H groups in total. The van der Waals surface area contributed by atoms with E-state index in [1.807, 2.05) is 6.92 Å². The summed E-state index contributed by atoms with van der Waals surface area (Å²) in [5, 5.41) is 2.99. The van der Waals surface area contributed by atoms with Gasteiger partial charge in [-0.05, 0) is 6.54 Å². The minimum absolute atomic E-state index is 0.0602. The molecule has 0 radical (unpaired) electrons. The molecule has 0 aliphatic carbocycles. The zero-order valence-corrected chi connectivity index (χ0v) is 5.56. The van der Waals surface area contributed by atoms with Crippen molar-refractivity contribution in [2.45, 2.75) is 19.1 Å². The summed E-state index contributed by atoms with van der Waals surface area (Å²) in [6.07, 6.45) is -0.801. The highest BCUT2D eigenvalue weighted by Gasteiger charge is 2.26. The fraction of sp³-hybridized carbons (Fsp3) is 1.00. The number of ether oxygens (including phenoxy) is 1. The molecule has 0 saturated carbocycles. The number of halogens is 1. The first-order valence-electron chi connectivity index (χ1n) is 3.29. The van der Waals surface area contributed by atoms with Crippen molar-refractivity contribution >= 4 is 0 Å². The van der Waals surface area contributed by atoms with E-state index >= 15 is 0 Å². The SMILES string of the molecule is CCN[C@@H]1COC[C@H]1F. The van der Waals surface area contributed by atoms with Gasteiger partial charge in [-0.25, -0.2) is 4.39 Å². The summed E-state index contributed by atoms with van der Waals surface area (Å²) >= 11 is 0. The summed E-state index contributed by atoms with van der Waals surface area (Å²) in [5.74, 6) is 0. The molecule has 1 saturated heterocycles. The topological polar surface area (TPSA) is 21.3 Å². The van der Waals surface area contributed by atoms with E-state index in [0.717, 1.165) is 6.54 Å². The van der Waals surface area contributed by atoms with Gasteiger partial charge < -0.3 is 10.1 Å². The average molecular weight is 133 g/mol. The van der Waals surface area contributed by atoms with E-state index in [4.69, 9.17) is 4.74 Å². The maximum absolute atomic E-state index is 12.6. The van der Waals surface area contributed by atoms with Crippen molar-refractivity contribution in [2.75, 3.05) is 19.8 Å². The highest BCUT2D eigenvalue weighted by molar-refractivity contribution is 4.79. The Balaban J connectivity index is 2.22. The molecule has 0 spiro atoms. The van der Waals surface area contributed by atoms with E-state index in [1.54, 1.807) is 0 Å². The third-order valence-corrected chi connectivity index (χ3v) is 1.48. The van der Waals surface area contributed by atoms with Crippen molar-refractivity contribution in [3.63, 3.8) is 0 Å². The molecule has 54 valence electrons. The number of nitrogens with one attached hydrogen (secondary N) is 1. The lowest BCUT2D eigenvalue weighted by molar-refractivity contribution is 0.172. The van der Waals surface area contributed by atoms with Crippen LogP contribution in [0.5, 0.6) is 0 Å². The summed E-state index contributed by atoms with van der Waals surface area (Å²) in [5.41, 5.74) is 0. The van der Waals surface area contributed by atoms with Crippen LogP contribution in [0.15, 0.2) is 0 Å². The van der Waals surface area contributed by atoms with Crippen molar-refractivity contribution < 1.29 is 9.13 Å². The molecule has 0 aromatic rings. The smallest absolute Gasteiger partial charge is 0.141 e. The lowest BCUT2D eigenvalue weighted by atomic mass is 10.2. The fourth-order valence-corrected chi connectivity index (χ4v) is 0.977. The number of alkyl halides is 1. The molecule has 1 aliphatic heterocycles. The van der Waals surface area contributed by atoms with E-state index in [1.165, 1.54) is 0 Å². The molecule has 0 amide bonds. The van der Waals surface area contributed by atoms with E-state index in [2.05, 4.69) is 5.32 Å². The second-order valence-corrected chi connectivity index (χ2v) is 2.22. The zero-order chi connectivity index (χ0) is 6.69. The van der Waals surface area contributed by atoms with E-state index in [-0.39, 0.29) is 12.6 Å². The number of hydrogen-bond acceptors (Lipinski definition) is 2. The number of likely N-dealkylation sites (N-methyl/N-ethyl adjacent to an activating group) is 1. The Bertz CT molecular complexity index is 89.1. The van der Waals surface area contributed by atoms with Crippen LogP contribution in [-0.2, 0) is 4.74 Å². The van der Waals surface area contributed by atoms with Crippen LogP contribution in [0.4, 0.5) is 4.39 Å². The van der Waals surface area contributed by atoms with Gasteiger partial charge >= 0.3 is 0 Å². The predicted octanol–water partition coefficient (Wildman–Crippen LogP) is 0.333. The van der Waals surface area contributed by atoms with Gasteiger partial charge in [0.15, 0.2) is 0 Å². The number of hydrogen-bond donors (Lipinski definition) is 1.